The predicted octanol–water partition coefficient (Wildman–Crippen LogP) is 6.48. The van der Waals surface area contributed by atoms with Crippen molar-refractivity contribution in [3.8, 4) is 11.1 Å². The van der Waals surface area contributed by atoms with Gasteiger partial charge in [0, 0.05) is 22.6 Å². The van der Waals surface area contributed by atoms with Gasteiger partial charge in [-0.15, -0.1) is 0 Å². The summed E-state index contributed by atoms with van der Waals surface area (Å²) in [6, 6.07) is 18.6. The maximum absolute atomic E-state index is 13.3. The van der Waals surface area contributed by atoms with E-state index in [1.54, 1.807) is 12.1 Å². The number of aromatic nitrogens is 2. The van der Waals surface area contributed by atoms with Crippen molar-refractivity contribution in [2.75, 3.05) is 0 Å². The molecule has 0 saturated heterocycles. The summed E-state index contributed by atoms with van der Waals surface area (Å²) in [5, 5.41) is 0.564. The van der Waals surface area contributed by atoms with Crippen LogP contribution in [0.15, 0.2) is 87.7 Å². The summed E-state index contributed by atoms with van der Waals surface area (Å²) in [6.07, 6.45) is -2.65. The molecule has 1 aliphatic heterocycles. The second-order valence-corrected chi connectivity index (χ2v) is 10.8. The molecular formula is C30H24F4N4O2S. The maximum Gasteiger partial charge on any atom is 0.416 e. The molecule has 6 nitrogen and oxygen atoms in total. The molecule has 1 unspecified atom stereocenters. The van der Waals surface area contributed by atoms with Crippen molar-refractivity contribution in [1.29, 1.82) is 0 Å². The van der Waals surface area contributed by atoms with E-state index in [1.807, 2.05) is 28.8 Å². The van der Waals surface area contributed by atoms with Gasteiger partial charge < -0.3 is 4.57 Å². The van der Waals surface area contributed by atoms with Gasteiger partial charge in [0.1, 0.15) is 11.7 Å². The SMILES string of the molecule is O=c1nc(SCc2ccc(F)cc2)n(CC2=NC(c3ccc(-c4ccc(C(F)(F)F)cc4)cc3)ON2)c2c1CCC2. The number of hydroxylamine groups is 1. The Bertz CT molecular complexity index is 1650. The molecule has 4 aromatic rings. The smallest absolute Gasteiger partial charge is 0.316 e. The van der Waals surface area contributed by atoms with E-state index in [-0.39, 0.29) is 11.4 Å². The van der Waals surface area contributed by atoms with Gasteiger partial charge in [0.2, 0.25) is 6.23 Å². The molecule has 2 heterocycles. The number of fused-ring (bicyclic) bond motifs is 1. The van der Waals surface area contributed by atoms with Crippen molar-refractivity contribution in [2.24, 2.45) is 4.99 Å². The average molecular weight is 581 g/mol. The summed E-state index contributed by atoms with van der Waals surface area (Å²) < 4.78 is 54.0. The van der Waals surface area contributed by atoms with Crippen LogP contribution in [0, 0.1) is 5.82 Å². The molecule has 11 heteroatoms. The van der Waals surface area contributed by atoms with Crippen LogP contribution >= 0.6 is 11.8 Å². The summed E-state index contributed by atoms with van der Waals surface area (Å²) in [5.41, 5.74) is 6.81. The largest absolute Gasteiger partial charge is 0.416 e. The zero-order valence-corrected chi connectivity index (χ0v) is 22.4. The number of nitrogens with zero attached hydrogens (tertiary/aromatic N) is 3. The maximum atomic E-state index is 13.3. The van der Waals surface area contributed by atoms with Crippen LogP contribution in [-0.4, -0.2) is 15.4 Å². The standard InChI is InChI=1S/C30H24F4N4O2S/c31-23-14-4-18(5-15-23)17-41-29-36-27(39)24-2-1-3-25(24)38(29)16-26-35-28(40-37-26)21-8-6-19(7-9-21)20-10-12-22(13-11-20)30(32,33)34/h4-15,28H,1-3,16-17H2,(H,35,37). The summed E-state index contributed by atoms with van der Waals surface area (Å²) in [4.78, 5) is 27.5. The first-order valence-corrected chi connectivity index (χ1v) is 14.0. The van der Waals surface area contributed by atoms with Gasteiger partial charge in [0.05, 0.1) is 12.1 Å². The molecule has 1 atom stereocenters. The molecule has 1 aromatic heterocycles. The molecule has 210 valence electrons. The van der Waals surface area contributed by atoms with Crippen LogP contribution in [-0.2, 0) is 36.2 Å². The molecule has 2 aliphatic rings. The lowest BCUT2D eigenvalue weighted by molar-refractivity contribution is -0.137. The van der Waals surface area contributed by atoms with E-state index in [0.717, 1.165) is 52.9 Å². The third-order valence-electron chi connectivity index (χ3n) is 7.09. The minimum absolute atomic E-state index is 0.209. The summed E-state index contributed by atoms with van der Waals surface area (Å²) >= 11 is 1.41. The normalized spacial score (nSPS) is 16.4. The van der Waals surface area contributed by atoms with Gasteiger partial charge in [-0.25, -0.2) is 19.7 Å². The molecule has 3 aromatic carbocycles. The van der Waals surface area contributed by atoms with Crippen molar-refractivity contribution in [2.45, 2.75) is 49.1 Å². The van der Waals surface area contributed by atoms with Crippen molar-refractivity contribution in [1.82, 2.24) is 15.0 Å². The third kappa shape index (κ3) is 5.91. The van der Waals surface area contributed by atoms with Crippen LogP contribution in [0.25, 0.3) is 11.1 Å². The number of hydrogen-bond donors (Lipinski definition) is 1. The van der Waals surface area contributed by atoms with Gasteiger partial charge >= 0.3 is 6.18 Å². The number of aliphatic imine (C=N–C) groups is 1. The second kappa shape index (κ2) is 11.1. The van der Waals surface area contributed by atoms with Gasteiger partial charge in [-0.05, 0) is 60.2 Å². The topological polar surface area (TPSA) is 68.5 Å². The van der Waals surface area contributed by atoms with E-state index >= 15 is 0 Å². The Morgan fingerprint density at radius 1 is 0.951 bits per heavy atom. The molecule has 0 radical (unpaired) electrons. The monoisotopic (exact) mass is 580 g/mol. The first kappa shape index (κ1) is 27.2. The lowest BCUT2D eigenvalue weighted by Gasteiger charge is -2.16. The van der Waals surface area contributed by atoms with Gasteiger partial charge in [-0.3, -0.25) is 4.79 Å². The van der Waals surface area contributed by atoms with E-state index < -0.39 is 18.0 Å². The lowest BCUT2D eigenvalue weighted by atomic mass is 10.0. The first-order valence-electron chi connectivity index (χ1n) is 13.0. The van der Waals surface area contributed by atoms with E-state index in [0.29, 0.717) is 35.3 Å². The lowest BCUT2D eigenvalue weighted by Crippen LogP contribution is -2.28. The van der Waals surface area contributed by atoms with E-state index in [4.69, 9.17) is 9.83 Å². The number of nitrogens with one attached hydrogen (secondary N) is 1. The van der Waals surface area contributed by atoms with Crippen molar-refractivity contribution >= 4 is 17.6 Å². The van der Waals surface area contributed by atoms with Gasteiger partial charge in [0.25, 0.3) is 5.56 Å². The molecule has 6 rings (SSSR count). The van der Waals surface area contributed by atoms with Crippen LogP contribution in [0.2, 0.25) is 0 Å². The van der Waals surface area contributed by atoms with Crippen molar-refractivity contribution in [3.63, 3.8) is 0 Å². The van der Waals surface area contributed by atoms with Gasteiger partial charge in [0.15, 0.2) is 5.16 Å². The van der Waals surface area contributed by atoms with Crippen LogP contribution in [0.1, 0.15) is 40.6 Å². The van der Waals surface area contributed by atoms with E-state index in [9.17, 15) is 22.4 Å². The minimum Gasteiger partial charge on any atom is -0.316 e. The van der Waals surface area contributed by atoms with Crippen LogP contribution in [0.5, 0.6) is 0 Å². The summed E-state index contributed by atoms with van der Waals surface area (Å²) in [6.45, 7) is 0.335. The van der Waals surface area contributed by atoms with Gasteiger partial charge in [-0.2, -0.15) is 18.2 Å². The number of thioether (sulfide) groups is 1. The zero-order chi connectivity index (χ0) is 28.6. The Labute approximate surface area is 237 Å². The Kier molecular flexibility index (Phi) is 7.39. The quantitative estimate of drug-likeness (QED) is 0.154. The zero-order valence-electron chi connectivity index (χ0n) is 21.6. The molecule has 0 fully saturated rings. The van der Waals surface area contributed by atoms with Crippen molar-refractivity contribution in [3.05, 3.63) is 117 Å². The number of benzene rings is 3. The Balaban J connectivity index is 1.20. The second-order valence-electron chi connectivity index (χ2n) is 9.82. The summed E-state index contributed by atoms with van der Waals surface area (Å²) in [7, 11) is 0. The highest BCUT2D eigenvalue weighted by Gasteiger charge is 2.30. The summed E-state index contributed by atoms with van der Waals surface area (Å²) in [5.74, 6) is 0.793. The first-order chi connectivity index (χ1) is 19.7. The molecule has 1 N–H and O–H groups in total. The number of alkyl halides is 3. The molecule has 0 spiro atoms. The van der Waals surface area contributed by atoms with Crippen LogP contribution in [0.4, 0.5) is 17.6 Å². The van der Waals surface area contributed by atoms with Crippen molar-refractivity contribution < 1.29 is 22.4 Å². The molecular weight excluding hydrogens is 556 g/mol. The fraction of sp³-hybridized carbons (Fsp3) is 0.233. The number of rotatable bonds is 7. The van der Waals surface area contributed by atoms with Crippen LogP contribution in [0.3, 0.4) is 0 Å². The Morgan fingerprint density at radius 3 is 2.32 bits per heavy atom. The molecule has 0 amide bonds. The predicted molar refractivity (Wildman–Crippen MR) is 148 cm³/mol. The van der Waals surface area contributed by atoms with Gasteiger partial charge in [-0.1, -0.05) is 60.3 Å². The van der Waals surface area contributed by atoms with E-state index in [2.05, 4.69) is 10.5 Å². The highest BCUT2D eigenvalue weighted by molar-refractivity contribution is 7.98. The number of amidine groups is 1. The number of hydrogen-bond acceptors (Lipinski definition) is 6. The minimum atomic E-state index is -4.38. The molecule has 0 bridgehead atoms. The highest BCUT2D eigenvalue weighted by atomic mass is 32.2. The fourth-order valence-electron chi connectivity index (χ4n) is 4.96. The molecule has 41 heavy (non-hydrogen) atoms. The Hall–Kier alpha value is -3.96. The molecule has 0 saturated carbocycles. The van der Waals surface area contributed by atoms with Crippen LogP contribution < -0.4 is 11.0 Å². The Morgan fingerprint density at radius 2 is 1.63 bits per heavy atom. The number of halogens is 4. The average Bonchev–Trinajstić information content (AvgIpc) is 3.65. The highest BCUT2D eigenvalue weighted by Crippen LogP contribution is 2.32. The third-order valence-corrected chi connectivity index (χ3v) is 8.14. The molecule has 1 aliphatic carbocycles. The van der Waals surface area contributed by atoms with E-state index in [1.165, 1.54) is 36.0 Å². The fourth-order valence-corrected chi connectivity index (χ4v) is 5.93.